The molecule has 6 heteroatoms. The number of methoxy groups -OCH3 is 1. The van der Waals surface area contributed by atoms with Crippen molar-refractivity contribution < 1.29 is 14.3 Å². The van der Waals surface area contributed by atoms with E-state index in [4.69, 9.17) is 21.7 Å². The van der Waals surface area contributed by atoms with E-state index in [1.54, 1.807) is 25.4 Å². The molecule has 0 spiro atoms. The molecule has 138 valence electrons. The number of rotatable bonds is 7. The van der Waals surface area contributed by atoms with Crippen LogP contribution < -0.4 is 14.8 Å². The Labute approximate surface area is 163 Å². The van der Waals surface area contributed by atoms with Crippen LogP contribution in [-0.2, 0) is 13.2 Å². The van der Waals surface area contributed by atoms with Gasteiger partial charge in [-0.05, 0) is 35.4 Å². The van der Waals surface area contributed by atoms with E-state index in [0.29, 0.717) is 34.9 Å². The fourth-order valence-electron chi connectivity index (χ4n) is 2.55. The van der Waals surface area contributed by atoms with Crippen molar-refractivity contribution in [3.8, 4) is 11.5 Å². The number of amides is 1. The summed E-state index contributed by atoms with van der Waals surface area (Å²) in [5, 5.41) is 2.86. The Balaban J connectivity index is 1.64. The molecule has 3 rings (SSSR count). The molecule has 0 saturated carbocycles. The highest BCUT2D eigenvalue weighted by Gasteiger charge is 2.10. The minimum atomic E-state index is -0.222. The SMILES string of the molecule is COc1cc(CNC(=O)c2ccc[nH]c2=S)ccc1OCc1ccccc1. The molecule has 3 aromatic rings. The van der Waals surface area contributed by atoms with Gasteiger partial charge >= 0.3 is 0 Å². The number of ether oxygens (including phenoxy) is 2. The van der Waals surface area contributed by atoms with Gasteiger partial charge in [0, 0.05) is 12.7 Å². The lowest BCUT2D eigenvalue weighted by Crippen LogP contribution is -2.23. The van der Waals surface area contributed by atoms with Gasteiger partial charge in [0.15, 0.2) is 11.5 Å². The number of aromatic nitrogens is 1. The molecule has 2 N–H and O–H groups in total. The maximum absolute atomic E-state index is 12.3. The molecule has 1 amide bonds. The molecule has 0 aliphatic carbocycles. The van der Waals surface area contributed by atoms with Gasteiger partial charge in [-0.2, -0.15) is 0 Å². The number of benzene rings is 2. The van der Waals surface area contributed by atoms with E-state index in [1.807, 2.05) is 48.5 Å². The van der Waals surface area contributed by atoms with Gasteiger partial charge in [-0.3, -0.25) is 4.79 Å². The maximum Gasteiger partial charge on any atom is 0.254 e. The highest BCUT2D eigenvalue weighted by molar-refractivity contribution is 7.71. The lowest BCUT2D eigenvalue weighted by Gasteiger charge is -2.13. The second-order valence-electron chi connectivity index (χ2n) is 5.86. The predicted octanol–water partition coefficient (Wildman–Crippen LogP) is 4.26. The number of hydrogen-bond donors (Lipinski definition) is 2. The van der Waals surface area contributed by atoms with Gasteiger partial charge in [-0.1, -0.05) is 48.6 Å². The molecule has 0 aliphatic heterocycles. The fraction of sp³-hybridized carbons (Fsp3) is 0.143. The van der Waals surface area contributed by atoms with Crippen molar-refractivity contribution in [2.24, 2.45) is 0 Å². The molecule has 1 heterocycles. The first kappa shape index (κ1) is 18.7. The van der Waals surface area contributed by atoms with Crippen molar-refractivity contribution >= 4 is 18.1 Å². The molecule has 5 nitrogen and oxygen atoms in total. The maximum atomic E-state index is 12.3. The molecule has 0 bridgehead atoms. The summed E-state index contributed by atoms with van der Waals surface area (Å²) < 4.78 is 11.7. The zero-order valence-corrected chi connectivity index (χ0v) is 15.7. The van der Waals surface area contributed by atoms with E-state index in [0.717, 1.165) is 11.1 Å². The first-order valence-corrected chi connectivity index (χ1v) is 8.88. The van der Waals surface area contributed by atoms with E-state index in [2.05, 4.69) is 10.3 Å². The molecule has 0 unspecified atom stereocenters. The number of nitrogens with one attached hydrogen (secondary N) is 2. The Kier molecular flexibility index (Phi) is 6.22. The Morgan fingerprint density at radius 2 is 1.85 bits per heavy atom. The third-order valence-electron chi connectivity index (χ3n) is 3.98. The summed E-state index contributed by atoms with van der Waals surface area (Å²) in [6, 6.07) is 19.0. The molecular formula is C21H20N2O3S. The first-order chi connectivity index (χ1) is 13.2. The fourth-order valence-corrected chi connectivity index (χ4v) is 2.78. The molecule has 0 aliphatic rings. The van der Waals surface area contributed by atoms with Crippen molar-refractivity contribution in [1.82, 2.24) is 10.3 Å². The number of hydrogen-bond acceptors (Lipinski definition) is 4. The van der Waals surface area contributed by atoms with Gasteiger partial charge in [-0.25, -0.2) is 0 Å². The average molecular weight is 380 g/mol. The molecule has 0 atom stereocenters. The van der Waals surface area contributed by atoms with E-state index >= 15 is 0 Å². The van der Waals surface area contributed by atoms with Gasteiger partial charge in [0.25, 0.3) is 5.91 Å². The summed E-state index contributed by atoms with van der Waals surface area (Å²) in [4.78, 5) is 15.1. The second-order valence-corrected chi connectivity index (χ2v) is 6.26. The van der Waals surface area contributed by atoms with Crippen LogP contribution in [0.5, 0.6) is 11.5 Å². The van der Waals surface area contributed by atoms with E-state index < -0.39 is 0 Å². The number of carbonyl (C=O) groups excluding carboxylic acids is 1. The molecule has 27 heavy (non-hydrogen) atoms. The van der Waals surface area contributed by atoms with E-state index in [1.165, 1.54) is 0 Å². The highest BCUT2D eigenvalue weighted by atomic mass is 32.1. The summed E-state index contributed by atoms with van der Waals surface area (Å²) in [6.07, 6.45) is 1.69. The minimum absolute atomic E-state index is 0.222. The standard InChI is InChI=1S/C21H20N2O3S/c1-25-19-12-16(13-23-20(24)17-8-5-11-22-21(17)27)9-10-18(19)26-14-15-6-3-2-4-7-15/h2-12H,13-14H2,1H3,(H,22,27)(H,23,24). The number of H-pyrrole nitrogens is 1. The topological polar surface area (TPSA) is 63.3 Å². The van der Waals surface area contributed by atoms with Crippen LogP contribution in [0.3, 0.4) is 0 Å². The predicted molar refractivity (Wildman–Crippen MR) is 107 cm³/mol. The number of carbonyl (C=O) groups is 1. The zero-order chi connectivity index (χ0) is 19.1. The van der Waals surface area contributed by atoms with Crippen LogP contribution in [0, 0.1) is 4.64 Å². The van der Waals surface area contributed by atoms with Crippen LogP contribution in [-0.4, -0.2) is 18.0 Å². The second kappa shape index (κ2) is 9.00. The Morgan fingerprint density at radius 3 is 2.59 bits per heavy atom. The third kappa shape index (κ3) is 4.95. The number of pyridine rings is 1. The quantitative estimate of drug-likeness (QED) is 0.601. The molecular weight excluding hydrogens is 360 g/mol. The van der Waals surface area contributed by atoms with Crippen molar-refractivity contribution in [2.45, 2.75) is 13.2 Å². The van der Waals surface area contributed by atoms with Crippen molar-refractivity contribution in [1.29, 1.82) is 0 Å². The Bertz CT molecular complexity index is 970. The zero-order valence-electron chi connectivity index (χ0n) is 14.9. The van der Waals surface area contributed by atoms with Gasteiger partial charge in [0.1, 0.15) is 11.2 Å². The van der Waals surface area contributed by atoms with Crippen LogP contribution in [0.25, 0.3) is 0 Å². The summed E-state index contributed by atoms with van der Waals surface area (Å²) in [6.45, 7) is 0.817. The van der Waals surface area contributed by atoms with Gasteiger partial charge < -0.3 is 19.8 Å². The molecule has 2 aromatic carbocycles. The minimum Gasteiger partial charge on any atom is -0.493 e. The summed E-state index contributed by atoms with van der Waals surface area (Å²) in [7, 11) is 1.59. The van der Waals surface area contributed by atoms with E-state index in [9.17, 15) is 4.79 Å². The van der Waals surface area contributed by atoms with Crippen molar-refractivity contribution in [3.05, 3.63) is 88.2 Å². The molecule has 1 aromatic heterocycles. The number of aromatic amines is 1. The summed E-state index contributed by atoms with van der Waals surface area (Å²) >= 11 is 5.13. The Morgan fingerprint density at radius 1 is 1.04 bits per heavy atom. The van der Waals surface area contributed by atoms with Gasteiger partial charge in [0.2, 0.25) is 0 Å². The van der Waals surface area contributed by atoms with Crippen LogP contribution >= 0.6 is 12.2 Å². The van der Waals surface area contributed by atoms with Crippen molar-refractivity contribution in [3.63, 3.8) is 0 Å². The van der Waals surface area contributed by atoms with Gasteiger partial charge in [0.05, 0.1) is 12.7 Å². The lowest BCUT2D eigenvalue weighted by molar-refractivity contribution is 0.0950. The van der Waals surface area contributed by atoms with Crippen LogP contribution in [0.15, 0.2) is 66.9 Å². The molecule has 0 radical (unpaired) electrons. The molecule has 0 fully saturated rings. The van der Waals surface area contributed by atoms with Gasteiger partial charge in [-0.15, -0.1) is 0 Å². The van der Waals surface area contributed by atoms with Crippen LogP contribution in [0.2, 0.25) is 0 Å². The third-order valence-corrected chi connectivity index (χ3v) is 4.32. The highest BCUT2D eigenvalue weighted by Crippen LogP contribution is 2.28. The van der Waals surface area contributed by atoms with Crippen molar-refractivity contribution in [2.75, 3.05) is 7.11 Å². The molecule has 0 saturated heterocycles. The monoisotopic (exact) mass is 380 g/mol. The Hall–Kier alpha value is -3.12. The largest absolute Gasteiger partial charge is 0.493 e. The first-order valence-electron chi connectivity index (χ1n) is 8.47. The average Bonchev–Trinajstić information content (AvgIpc) is 2.71. The van der Waals surface area contributed by atoms with E-state index in [-0.39, 0.29) is 5.91 Å². The summed E-state index contributed by atoms with van der Waals surface area (Å²) in [5.41, 5.74) is 2.43. The summed E-state index contributed by atoms with van der Waals surface area (Å²) in [5.74, 6) is 1.05. The normalized spacial score (nSPS) is 10.3. The smallest absolute Gasteiger partial charge is 0.254 e. The lowest BCUT2D eigenvalue weighted by atomic mass is 10.2. The van der Waals surface area contributed by atoms with Crippen LogP contribution in [0.1, 0.15) is 21.5 Å². The van der Waals surface area contributed by atoms with Crippen LogP contribution in [0.4, 0.5) is 0 Å².